The predicted molar refractivity (Wildman–Crippen MR) is 119 cm³/mol. The zero-order valence-electron chi connectivity index (χ0n) is 17.4. The molecular weight excluding hydrogens is 360 g/mol. The molecule has 4 rings (SSSR count). The van der Waals surface area contributed by atoms with E-state index in [2.05, 4.69) is 70.5 Å². The maximum absolute atomic E-state index is 5.54. The van der Waals surface area contributed by atoms with Gasteiger partial charge < -0.3 is 9.47 Å². The number of hydrogen-bond donors (Lipinski definition) is 0. The lowest BCUT2D eigenvalue weighted by atomic mass is 10.0. The van der Waals surface area contributed by atoms with E-state index in [4.69, 9.17) is 9.47 Å². The SMILES string of the molecule is CCOc1ccc(CN2CCN(Cc3ccc(OC)c4ccccc34)CC2)cc1. The number of hydrogen-bond acceptors (Lipinski definition) is 4. The van der Waals surface area contributed by atoms with Crippen LogP contribution in [-0.4, -0.2) is 49.7 Å². The largest absolute Gasteiger partial charge is 0.496 e. The van der Waals surface area contributed by atoms with E-state index in [9.17, 15) is 0 Å². The van der Waals surface area contributed by atoms with Crippen LogP contribution in [0.4, 0.5) is 0 Å². The van der Waals surface area contributed by atoms with Gasteiger partial charge in [-0.3, -0.25) is 9.80 Å². The first-order chi connectivity index (χ1) is 14.3. The van der Waals surface area contributed by atoms with Crippen molar-refractivity contribution in [3.05, 3.63) is 71.8 Å². The smallest absolute Gasteiger partial charge is 0.126 e. The number of nitrogens with zero attached hydrogens (tertiary/aromatic N) is 2. The average molecular weight is 391 g/mol. The van der Waals surface area contributed by atoms with Gasteiger partial charge in [-0.05, 0) is 41.6 Å². The van der Waals surface area contributed by atoms with Crippen molar-refractivity contribution in [1.82, 2.24) is 9.80 Å². The van der Waals surface area contributed by atoms with Crippen molar-refractivity contribution in [2.24, 2.45) is 0 Å². The van der Waals surface area contributed by atoms with Crippen molar-refractivity contribution in [1.29, 1.82) is 0 Å². The van der Waals surface area contributed by atoms with Crippen LogP contribution in [-0.2, 0) is 13.1 Å². The van der Waals surface area contributed by atoms with E-state index < -0.39 is 0 Å². The first kappa shape index (κ1) is 19.7. The van der Waals surface area contributed by atoms with Crippen molar-refractivity contribution < 1.29 is 9.47 Å². The minimum absolute atomic E-state index is 0.713. The summed E-state index contributed by atoms with van der Waals surface area (Å²) in [5.74, 6) is 1.90. The summed E-state index contributed by atoms with van der Waals surface area (Å²) in [7, 11) is 1.74. The Labute approximate surface area is 173 Å². The van der Waals surface area contributed by atoms with Gasteiger partial charge in [0.15, 0.2) is 0 Å². The Morgan fingerprint density at radius 1 is 0.759 bits per heavy atom. The second-order valence-corrected chi connectivity index (χ2v) is 7.60. The minimum Gasteiger partial charge on any atom is -0.496 e. The van der Waals surface area contributed by atoms with E-state index in [1.54, 1.807) is 7.11 Å². The van der Waals surface area contributed by atoms with Crippen LogP contribution in [0.25, 0.3) is 10.8 Å². The number of fused-ring (bicyclic) bond motifs is 1. The zero-order chi connectivity index (χ0) is 20.1. The molecule has 1 aliphatic heterocycles. The molecule has 4 heteroatoms. The highest BCUT2D eigenvalue weighted by Gasteiger charge is 2.18. The van der Waals surface area contributed by atoms with Gasteiger partial charge >= 0.3 is 0 Å². The summed E-state index contributed by atoms with van der Waals surface area (Å²) in [6.45, 7) is 9.11. The van der Waals surface area contributed by atoms with Gasteiger partial charge in [-0.15, -0.1) is 0 Å². The lowest BCUT2D eigenvalue weighted by molar-refractivity contribution is 0.122. The number of methoxy groups -OCH3 is 1. The molecule has 0 aromatic heterocycles. The second-order valence-electron chi connectivity index (χ2n) is 7.60. The summed E-state index contributed by atoms with van der Waals surface area (Å²) in [4.78, 5) is 5.10. The monoisotopic (exact) mass is 390 g/mol. The third-order valence-electron chi connectivity index (χ3n) is 5.69. The maximum Gasteiger partial charge on any atom is 0.126 e. The third-order valence-corrected chi connectivity index (χ3v) is 5.69. The predicted octanol–water partition coefficient (Wildman–Crippen LogP) is 4.56. The molecule has 0 amide bonds. The molecule has 4 nitrogen and oxygen atoms in total. The minimum atomic E-state index is 0.713. The summed E-state index contributed by atoms with van der Waals surface area (Å²) in [5, 5.41) is 2.49. The topological polar surface area (TPSA) is 24.9 Å². The summed E-state index contributed by atoms with van der Waals surface area (Å²) in [6.07, 6.45) is 0. The highest BCUT2D eigenvalue weighted by Crippen LogP contribution is 2.29. The molecule has 0 aliphatic carbocycles. The van der Waals surface area contributed by atoms with Gasteiger partial charge in [0, 0.05) is 44.7 Å². The Kier molecular flexibility index (Phi) is 6.33. The molecule has 0 atom stereocenters. The molecule has 0 unspecified atom stereocenters. The van der Waals surface area contributed by atoms with Crippen molar-refractivity contribution in [2.75, 3.05) is 39.9 Å². The number of piperazine rings is 1. The van der Waals surface area contributed by atoms with E-state index in [1.807, 2.05) is 6.92 Å². The van der Waals surface area contributed by atoms with Crippen LogP contribution in [0.2, 0.25) is 0 Å². The Morgan fingerprint density at radius 3 is 2.07 bits per heavy atom. The molecule has 1 heterocycles. The number of benzene rings is 3. The molecule has 152 valence electrons. The second kappa shape index (κ2) is 9.29. The fourth-order valence-corrected chi connectivity index (χ4v) is 4.11. The molecule has 0 radical (unpaired) electrons. The highest BCUT2D eigenvalue weighted by molar-refractivity contribution is 5.91. The average Bonchev–Trinajstić information content (AvgIpc) is 2.77. The molecule has 0 N–H and O–H groups in total. The van der Waals surface area contributed by atoms with Crippen LogP contribution in [0, 0.1) is 0 Å². The van der Waals surface area contributed by atoms with Crippen LogP contribution in [0.3, 0.4) is 0 Å². The molecule has 0 bridgehead atoms. The van der Waals surface area contributed by atoms with Crippen molar-refractivity contribution in [2.45, 2.75) is 20.0 Å². The molecule has 3 aromatic carbocycles. The van der Waals surface area contributed by atoms with Crippen molar-refractivity contribution in [3.63, 3.8) is 0 Å². The summed E-state index contributed by atoms with van der Waals surface area (Å²) in [5.41, 5.74) is 2.73. The van der Waals surface area contributed by atoms with Crippen molar-refractivity contribution >= 4 is 10.8 Å². The first-order valence-corrected chi connectivity index (χ1v) is 10.5. The van der Waals surface area contributed by atoms with Gasteiger partial charge in [0.25, 0.3) is 0 Å². The fourth-order valence-electron chi connectivity index (χ4n) is 4.11. The molecule has 3 aromatic rings. The summed E-state index contributed by atoms with van der Waals surface area (Å²) in [6, 6.07) is 21.4. The Bertz CT molecular complexity index is 931. The summed E-state index contributed by atoms with van der Waals surface area (Å²) >= 11 is 0. The Morgan fingerprint density at radius 2 is 1.41 bits per heavy atom. The van der Waals surface area contributed by atoms with Crippen LogP contribution < -0.4 is 9.47 Å². The van der Waals surface area contributed by atoms with E-state index in [-0.39, 0.29) is 0 Å². The molecule has 1 saturated heterocycles. The maximum atomic E-state index is 5.54. The highest BCUT2D eigenvalue weighted by atomic mass is 16.5. The van der Waals surface area contributed by atoms with E-state index in [0.29, 0.717) is 6.61 Å². The first-order valence-electron chi connectivity index (χ1n) is 10.5. The van der Waals surface area contributed by atoms with E-state index in [0.717, 1.165) is 50.8 Å². The molecule has 0 saturated carbocycles. The normalized spacial score (nSPS) is 15.5. The molecule has 0 spiro atoms. The van der Waals surface area contributed by atoms with Crippen LogP contribution in [0.1, 0.15) is 18.1 Å². The fraction of sp³-hybridized carbons (Fsp3) is 0.360. The van der Waals surface area contributed by atoms with Crippen LogP contribution >= 0.6 is 0 Å². The lowest BCUT2D eigenvalue weighted by Gasteiger charge is -2.35. The standard InChI is InChI=1S/C25H30N2O2/c1-3-29-22-11-8-20(9-12-22)18-26-14-16-27(17-15-26)19-21-10-13-25(28-2)24-7-5-4-6-23(21)24/h4-13H,3,14-19H2,1-2H3. The Hall–Kier alpha value is -2.56. The zero-order valence-corrected chi connectivity index (χ0v) is 17.4. The molecular formula is C25H30N2O2. The molecule has 1 aliphatic rings. The van der Waals surface area contributed by atoms with Gasteiger partial charge in [0.05, 0.1) is 13.7 Å². The lowest BCUT2D eigenvalue weighted by Crippen LogP contribution is -2.45. The quantitative estimate of drug-likeness (QED) is 0.590. The van der Waals surface area contributed by atoms with Crippen LogP contribution in [0.5, 0.6) is 11.5 Å². The Balaban J connectivity index is 1.35. The van der Waals surface area contributed by atoms with E-state index >= 15 is 0 Å². The molecule has 29 heavy (non-hydrogen) atoms. The van der Waals surface area contributed by atoms with Gasteiger partial charge in [-0.25, -0.2) is 0 Å². The number of rotatable bonds is 7. The number of ether oxygens (including phenoxy) is 2. The summed E-state index contributed by atoms with van der Waals surface area (Å²) < 4.78 is 11.1. The van der Waals surface area contributed by atoms with Gasteiger partial charge in [-0.2, -0.15) is 0 Å². The van der Waals surface area contributed by atoms with Gasteiger partial charge in [0.2, 0.25) is 0 Å². The van der Waals surface area contributed by atoms with Gasteiger partial charge in [-0.1, -0.05) is 42.5 Å². The van der Waals surface area contributed by atoms with Crippen molar-refractivity contribution in [3.8, 4) is 11.5 Å². The van der Waals surface area contributed by atoms with Gasteiger partial charge in [0.1, 0.15) is 11.5 Å². The van der Waals surface area contributed by atoms with Crippen LogP contribution in [0.15, 0.2) is 60.7 Å². The van der Waals surface area contributed by atoms with E-state index in [1.165, 1.54) is 21.9 Å². The third kappa shape index (κ3) is 4.72. The molecule has 1 fully saturated rings.